The molecule has 1 aliphatic heterocycles. The van der Waals surface area contributed by atoms with Gasteiger partial charge in [0.15, 0.2) is 0 Å². The number of ether oxygens (including phenoxy) is 1. The molecular weight excluding hydrogens is 310 g/mol. The van der Waals surface area contributed by atoms with Crippen LogP contribution in [0, 0.1) is 0 Å². The highest BCUT2D eigenvalue weighted by molar-refractivity contribution is 9.10. The summed E-state index contributed by atoms with van der Waals surface area (Å²) < 4.78 is 6.42. The van der Waals surface area contributed by atoms with E-state index >= 15 is 0 Å². The molecule has 0 saturated carbocycles. The molecule has 1 aliphatic rings. The lowest BCUT2D eigenvalue weighted by Crippen LogP contribution is -2.36. The van der Waals surface area contributed by atoms with Crippen LogP contribution in [0.3, 0.4) is 0 Å². The first-order valence-electron chi connectivity index (χ1n) is 4.44. The molecule has 1 heterocycles. The zero-order valence-corrected chi connectivity index (χ0v) is 11.1. The molecule has 0 unspecified atom stereocenters. The maximum atomic E-state index is 5.29. The molecule has 2 rings (SSSR count). The van der Waals surface area contributed by atoms with E-state index in [1.54, 1.807) is 0 Å². The van der Waals surface area contributed by atoms with Crippen molar-refractivity contribution < 1.29 is 4.74 Å². The van der Waals surface area contributed by atoms with Gasteiger partial charge in [-0.15, -0.1) is 17.0 Å². The zero-order chi connectivity index (χ0) is 9.10. The smallest absolute Gasteiger partial charge is 0.0642 e. The summed E-state index contributed by atoms with van der Waals surface area (Å²) in [6.07, 6.45) is 0. The molecule has 4 heteroatoms. The predicted molar refractivity (Wildman–Crippen MR) is 67.5 cm³/mol. The van der Waals surface area contributed by atoms with Crippen molar-refractivity contribution in [3.63, 3.8) is 0 Å². The topological polar surface area (TPSA) is 12.5 Å². The maximum Gasteiger partial charge on any atom is 0.0642 e. The lowest BCUT2D eigenvalue weighted by Gasteiger charge is -2.28. The monoisotopic (exact) mass is 321 g/mol. The summed E-state index contributed by atoms with van der Waals surface area (Å²) in [5.41, 5.74) is 1.28. The van der Waals surface area contributed by atoms with Crippen LogP contribution in [0.15, 0.2) is 28.7 Å². The standard InChI is InChI=1S/C10H12BrNO.BrH/c11-9-1-3-10(4-2-9)12-5-7-13-8-6-12;/h1-4H,5-8H2;1H. The molecule has 0 spiro atoms. The van der Waals surface area contributed by atoms with Gasteiger partial charge in [0.25, 0.3) is 0 Å². The minimum atomic E-state index is 0. The van der Waals surface area contributed by atoms with Crippen LogP contribution in [0.1, 0.15) is 0 Å². The van der Waals surface area contributed by atoms with E-state index in [-0.39, 0.29) is 17.0 Å². The number of hydrogen-bond donors (Lipinski definition) is 0. The summed E-state index contributed by atoms with van der Waals surface area (Å²) >= 11 is 3.43. The normalized spacial score (nSPS) is 16.2. The number of benzene rings is 1. The highest BCUT2D eigenvalue weighted by Gasteiger charge is 2.09. The first kappa shape index (κ1) is 12.0. The molecule has 1 aromatic rings. The minimum Gasteiger partial charge on any atom is -0.378 e. The molecule has 78 valence electrons. The SMILES string of the molecule is Br.Brc1ccc(N2CCOCC2)cc1. The molecule has 1 saturated heterocycles. The van der Waals surface area contributed by atoms with E-state index in [4.69, 9.17) is 4.74 Å². The molecule has 0 radical (unpaired) electrons. The van der Waals surface area contributed by atoms with Crippen LogP contribution in [0.25, 0.3) is 0 Å². The molecule has 2 nitrogen and oxygen atoms in total. The first-order chi connectivity index (χ1) is 6.36. The van der Waals surface area contributed by atoms with Crippen LogP contribution in [0.4, 0.5) is 5.69 Å². The largest absolute Gasteiger partial charge is 0.378 e. The van der Waals surface area contributed by atoms with Gasteiger partial charge >= 0.3 is 0 Å². The Morgan fingerprint density at radius 1 is 1.07 bits per heavy atom. The lowest BCUT2D eigenvalue weighted by molar-refractivity contribution is 0.122. The summed E-state index contributed by atoms with van der Waals surface area (Å²) in [4.78, 5) is 2.34. The number of hydrogen-bond acceptors (Lipinski definition) is 2. The summed E-state index contributed by atoms with van der Waals surface area (Å²) in [6.45, 7) is 3.69. The number of halogens is 2. The third-order valence-corrected chi connectivity index (χ3v) is 2.73. The first-order valence-corrected chi connectivity index (χ1v) is 5.24. The van der Waals surface area contributed by atoms with Gasteiger partial charge in [0.2, 0.25) is 0 Å². The Bertz CT molecular complexity index is 270. The lowest BCUT2D eigenvalue weighted by atomic mass is 10.3. The van der Waals surface area contributed by atoms with Crippen molar-refractivity contribution in [2.75, 3.05) is 31.2 Å². The summed E-state index contributed by atoms with van der Waals surface area (Å²) in [5, 5.41) is 0. The fourth-order valence-corrected chi connectivity index (χ4v) is 1.74. The molecule has 1 fully saturated rings. The van der Waals surface area contributed by atoms with E-state index in [0.29, 0.717) is 0 Å². The highest BCUT2D eigenvalue weighted by atomic mass is 79.9. The van der Waals surface area contributed by atoms with E-state index in [1.807, 2.05) is 0 Å². The Morgan fingerprint density at radius 3 is 2.21 bits per heavy atom. The molecule has 0 bridgehead atoms. The van der Waals surface area contributed by atoms with Gasteiger partial charge in [-0.25, -0.2) is 0 Å². The van der Waals surface area contributed by atoms with E-state index in [0.717, 1.165) is 30.8 Å². The summed E-state index contributed by atoms with van der Waals surface area (Å²) in [7, 11) is 0. The Balaban J connectivity index is 0.000000980. The van der Waals surface area contributed by atoms with E-state index < -0.39 is 0 Å². The van der Waals surface area contributed by atoms with Crippen molar-refractivity contribution in [1.82, 2.24) is 0 Å². The molecule has 0 atom stereocenters. The van der Waals surface area contributed by atoms with Crippen LogP contribution in [0.2, 0.25) is 0 Å². The van der Waals surface area contributed by atoms with Crippen LogP contribution in [-0.4, -0.2) is 26.3 Å². The van der Waals surface area contributed by atoms with Crippen molar-refractivity contribution in [2.24, 2.45) is 0 Å². The molecule has 14 heavy (non-hydrogen) atoms. The Labute approximate surface area is 103 Å². The average Bonchev–Trinajstić information content (AvgIpc) is 2.20. The van der Waals surface area contributed by atoms with Crippen molar-refractivity contribution in [3.8, 4) is 0 Å². The van der Waals surface area contributed by atoms with E-state index in [2.05, 4.69) is 45.1 Å². The van der Waals surface area contributed by atoms with Gasteiger partial charge in [-0.3, -0.25) is 0 Å². The molecular formula is C10H13Br2NO. The van der Waals surface area contributed by atoms with Gasteiger partial charge in [-0.2, -0.15) is 0 Å². The Morgan fingerprint density at radius 2 is 1.64 bits per heavy atom. The second kappa shape index (κ2) is 5.73. The third-order valence-electron chi connectivity index (χ3n) is 2.20. The minimum absolute atomic E-state index is 0. The molecule has 0 aromatic heterocycles. The van der Waals surface area contributed by atoms with Crippen LogP contribution in [-0.2, 0) is 4.74 Å². The second-order valence-electron chi connectivity index (χ2n) is 3.08. The van der Waals surface area contributed by atoms with Crippen LogP contribution >= 0.6 is 32.9 Å². The van der Waals surface area contributed by atoms with Crippen molar-refractivity contribution in [1.29, 1.82) is 0 Å². The summed E-state index contributed by atoms with van der Waals surface area (Å²) in [5.74, 6) is 0. The summed E-state index contributed by atoms with van der Waals surface area (Å²) in [6, 6.07) is 8.42. The zero-order valence-electron chi connectivity index (χ0n) is 7.78. The highest BCUT2D eigenvalue weighted by Crippen LogP contribution is 2.18. The second-order valence-corrected chi connectivity index (χ2v) is 3.99. The number of morpholine rings is 1. The van der Waals surface area contributed by atoms with Gasteiger partial charge in [0.05, 0.1) is 13.2 Å². The molecule has 1 aromatic carbocycles. The van der Waals surface area contributed by atoms with Gasteiger partial charge in [-0.05, 0) is 24.3 Å². The van der Waals surface area contributed by atoms with Gasteiger partial charge in [-0.1, -0.05) is 15.9 Å². The van der Waals surface area contributed by atoms with E-state index in [1.165, 1.54) is 5.69 Å². The third kappa shape index (κ3) is 2.97. The van der Waals surface area contributed by atoms with Gasteiger partial charge < -0.3 is 9.64 Å². The van der Waals surface area contributed by atoms with Crippen molar-refractivity contribution in [2.45, 2.75) is 0 Å². The fourth-order valence-electron chi connectivity index (χ4n) is 1.47. The van der Waals surface area contributed by atoms with Crippen molar-refractivity contribution >= 4 is 38.6 Å². The van der Waals surface area contributed by atoms with Crippen LogP contribution < -0.4 is 4.90 Å². The Hall–Kier alpha value is -0.0600. The Kier molecular flexibility index (Phi) is 4.92. The number of anilines is 1. The van der Waals surface area contributed by atoms with Crippen LogP contribution in [0.5, 0.6) is 0 Å². The quantitative estimate of drug-likeness (QED) is 0.788. The average molecular weight is 323 g/mol. The van der Waals surface area contributed by atoms with Gasteiger partial charge in [0, 0.05) is 23.2 Å². The predicted octanol–water partition coefficient (Wildman–Crippen LogP) is 2.86. The molecule has 0 N–H and O–H groups in total. The fraction of sp³-hybridized carbons (Fsp3) is 0.400. The number of rotatable bonds is 1. The molecule has 0 aliphatic carbocycles. The maximum absolute atomic E-state index is 5.29. The van der Waals surface area contributed by atoms with Gasteiger partial charge in [0.1, 0.15) is 0 Å². The van der Waals surface area contributed by atoms with E-state index in [9.17, 15) is 0 Å². The number of nitrogens with zero attached hydrogens (tertiary/aromatic N) is 1. The molecule has 0 amide bonds. The van der Waals surface area contributed by atoms with Crippen molar-refractivity contribution in [3.05, 3.63) is 28.7 Å².